The van der Waals surface area contributed by atoms with Crippen LogP contribution in [0.25, 0.3) is 0 Å². The number of hydrogen-bond acceptors (Lipinski definition) is 1. The van der Waals surface area contributed by atoms with Crippen LogP contribution in [0.4, 0.5) is 0 Å². The Morgan fingerprint density at radius 2 is 2.30 bits per heavy atom. The van der Waals surface area contributed by atoms with Crippen molar-refractivity contribution >= 4 is 0 Å². The van der Waals surface area contributed by atoms with Crippen LogP contribution in [0.2, 0.25) is 0 Å². The number of hydrogen-bond donors (Lipinski definition) is 1. The quantitative estimate of drug-likeness (QED) is 0.174. The van der Waals surface area contributed by atoms with Crippen molar-refractivity contribution in [1.29, 1.82) is 0 Å². The first-order chi connectivity index (χ1) is 4.77. The fourth-order valence-electron chi connectivity index (χ4n) is 0.449. The molecule has 1 N–H and O–H groups in total. The first-order valence-electron chi connectivity index (χ1n) is 3.41. The second-order valence-corrected chi connectivity index (χ2v) is 5.33. The van der Waals surface area contributed by atoms with Crippen LogP contribution < -0.4 is 26.3 Å². The molecule has 0 radical (unpaired) electrons. The van der Waals surface area contributed by atoms with E-state index >= 15 is 0 Å². The zero-order valence-electron chi connectivity index (χ0n) is 6.40. The van der Waals surface area contributed by atoms with Crippen molar-refractivity contribution in [1.82, 2.24) is 0 Å². The first kappa shape index (κ1) is 10.4. The molecule has 2 nitrogen and oxygen atoms in total. The summed E-state index contributed by atoms with van der Waals surface area (Å²) in [4.78, 5) is 0. The van der Waals surface area contributed by atoms with Crippen LogP contribution in [0.3, 0.4) is 0 Å². The van der Waals surface area contributed by atoms with Crippen molar-refractivity contribution in [3.8, 4) is 0 Å². The summed E-state index contributed by atoms with van der Waals surface area (Å²) in [5.74, 6) is 0. The van der Waals surface area contributed by atoms with E-state index in [4.69, 9.17) is 0 Å². The van der Waals surface area contributed by atoms with E-state index in [0.29, 0.717) is 26.3 Å². The van der Waals surface area contributed by atoms with Crippen LogP contribution in [-0.2, 0) is 0 Å². The summed E-state index contributed by atoms with van der Waals surface area (Å²) in [6, 6.07) is 0. The molecule has 10 heavy (non-hydrogen) atoms. The molecule has 0 rings (SSSR count). The molecule has 0 aromatic carbocycles. The van der Waals surface area contributed by atoms with Crippen molar-refractivity contribution < 1.29 is 26.3 Å². The van der Waals surface area contributed by atoms with E-state index in [-0.39, 0.29) is 0 Å². The second-order valence-electron chi connectivity index (χ2n) is 2.10. The predicted molar refractivity (Wildman–Crippen MR) is 39.7 cm³/mol. The summed E-state index contributed by atoms with van der Waals surface area (Å²) in [6.07, 6.45) is 3.08. The maximum atomic E-state index is 10.5. The maximum absolute atomic E-state index is 10.5. The molecule has 0 heterocycles. The average Bonchev–Trinajstić information content (AvgIpc) is 1.87. The van der Waals surface area contributed by atoms with Crippen LogP contribution in [0, 0.1) is 5.21 Å². The van der Waals surface area contributed by atoms with Gasteiger partial charge in [-0.25, -0.2) is 0 Å². The number of quaternary nitrogens is 1. The Bertz CT molecular complexity index is 85.7. The topological polar surface area (TPSA) is 27.5 Å². The fourth-order valence-corrected chi connectivity index (χ4v) is 3.01. The molecule has 0 aliphatic carbocycles. The van der Waals surface area contributed by atoms with Crippen molar-refractivity contribution in [3.63, 3.8) is 0 Å². The van der Waals surface area contributed by atoms with E-state index in [9.17, 15) is 5.21 Å². The number of rotatable bonds is 6. The van der Waals surface area contributed by atoms with Crippen LogP contribution in [0.15, 0.2) is 12.7 Å². The Morgan fingerprint density at radius 1 is 1.60 bits per heavy atom. The Balaban J connectivity index is 2.83. The third kappa shape index (κ3) is 8.39. The van der Waals surface area contributed by atoms with Gasteiger partial charge in [0.25, 0.3) is 0 Å². The molecule has 3 heteroatoms. The van der Waals surface area contributed by atoms with Gasteiger partial charge in [-0.1, -0.05) is 0 Å². The third-order valence-corrected chi connectivity index (χ3v) is 3.71. The molecule has 0 spiro atoms. The summed E-state index contributed by atoms with van der Waals surface area (Å²) in [5.41, 5.74) is 0. The van der Waals surface area contributed by atoms with Crippen LogP contribution in [0.1, 0.15) is 6.42 Å². The van der Waals surface area contributed by atoms with Gasteiger partial charge in [-0.05, 0) is 0 Å². The van der Waals surface area contributed by atoms with Gasteiger partial charge >= 0.3 is 73.0 Å². The van der Waals surface area contributed by atoms with Crippen molar-refractivity contribution in [2.45, 2.75) is 6.42 Å². The summed E-state index contributed by atoms with van der Waals surface area (Å²) in [5, 5.41) is 10.8. The van der Waals surface area contributed by atoms with Gasteiger partial charge in [0.05, 0.1) is 0 Å². The molecule has 0 aliphatic heterocycles. The van der Waals surface area contributed by atoms with Gasteiger partial charge in [-0.15, -0.1) is 0 Å². The summed E-state index contributed by atoms with van der Waals surface area (Å²) < 4.78 is 2.44. The average molecular weight is 256 g/mol. The number of halogens is 1. The molecular weight excluding hydrogens is 241 g/mol. The zero-order chi connectivity index (χ0) is 7.82. The van der Waals surface area contributed by atoms with Crippen LogP contribution >= 0.6 is 0 Å². The van der Waals surface area contributed by atoms with Crippen molar-refractivity contribution in [2.24, 2.45) is 0 Å². The molecular formula is C7H15INO-. The Hall–Kier alpha value is 0.390. The van der Waals surface area contributed by atoms with Gasteiger partial charge < -0.3 is 0 Å². The molecule has 0 aromatic heterocycles. The van der Waals surface area contributed by atoms with Crippen molar-refractivity contribution in [2.75, 3.05) is 22.4 Å². The number of allylic oxidation sites excluding steroid dienone is 1. The standard InChI is InChI=1S/C7H15INO/c1-3-4-5-8-6-7-9(2)10/h3,9H,1,4-7H2,2H3/q-1. The second kappa shape index (κ2) is 7.50. The van der Waals surface area contributed by atoms with E-state index in [1.54, 1.807) is 7.05 Å². The number of nitrogens with one attached hydrogen (secondary N) is 1. The minimum absolute atomic E-state index is 0.293. The van der Waals surface area contributed by atoms with E-state index in [0.717, 1.165) is 17.4 Å². The number of alkyl halides is 2. The molecule has 0 saturated heterocycles. The molecule has 0 fully saturated rings. The normalized spacial score (nSPS) is 13.4. The molecule has 1 unspecified atom stereocenters. The van der Waals surface area contributed by atoms with Gasteiger partial charge in [0.1, 0.15) is 0 Å². The van der Waals surface area contributed by atoms with E-state index in [1.165, 1.54) is 4.43 Å². The summed E-state index contributed by atoms with van der Waals surface area (Å²) >= 11 is 0.293. The van der Waals surface area contributed by atoms with Gasteiger partial charge in [0.2, 0.25) is 0 Å². The van der Waals surface area contributed by atoms with E-state index in [1.807, 2.05) is 6.08 Å². The molecule has 0 amide bonds. The third-order valence-electron chi connectivity index (χ3n) is 1.03. The monoisotopic (exact) mass is 256 g/mol. The molecule has 0 aromatic rings. The summed E-state index contributed by atoms with van der Waals surface area (Å²) in [7, 11) is 1.66. The first-order valence-corrected chi connectivity index (χ1v) is 6.46. The molecule has 0 bridgehead atoms. The van der Waals surface area contributed by atoms with Gasteiger partial charge in [-0.2, -0.15) is 0 Å². The molecule has 1 atom stereocenters. The fraction of sp³-hybridized carbons (Fsp3) is 0.714. The molecule has 62 valence electrons. The molecule has 0 saturated carbocycles. The summed E-state index contributed by atoms with van der Waals surface area (Å²) in [6.45, 7) is 4.44. The van der Waals surface area contributed by atoms with Crippen molar-refractivity contribution in [3.05, 3.63) is 17.9 Å². The Kier molecular flexibility index (Phi) is 7.79. The van der Waals surface area contributed by atoms with Gasteiger partial charge in [0, 0.05) is 0 Å². The number of hydroxylamine groups is 2. The van der Waals surface area contributed by atoms with Crippen LogP contribution in [0.5, 0.6) is 0 Å². The van der Waals surface area contributed by atoms with Gasteiger partial charge in [-0.3, -0.25) is 0 Å². The zero-order valence-corrected chi connectivity index (χ0v) is 8.56. The molecule has 0 aliphatic rings. The minimum atomic E-state index is 0.293. The predicted octanol–water partition coefficient (Wildman–Crippen LogP) is -3.34. The SMILES string of the molecule is C=CCC[I-]CC[NH+](C)[O-]. The van der Waals surface area contributed by atoms with Gasteiger partial charge in [0.15, 0.2) is 0 Å². The Morgan fingerprint density at radius 3 is 2.80 bits per heavy atom. The Labute approximate surface area is 73.1 Å². The van der Waals surface area contributed by atoms with E-state index in [2.05, 4.69) is 6.58 Å². The van der Waals surface area contributed by atoms with Crippen LogP contribution in [-0.4, -0.2) is 22.4 Å². The van der Waals surface area contributed by atoms with E-state index < -0.39 is 0 Å².